The molecule has 0 saturated carbocycles. The zero-order valence-corrected chi connectivity index (χ0v) is 12.8. The molecule has 1 unspecified atom stereocenters. The predicted molar refractivity (Wildman–Crippen MR) is 83.1 cm³/mol. The van der Waals surface area contributed by atoms with Crippen molar-refractivity contribution >= 4 is 23.2 Å². The van der Waals surface area contributed by atoms with Crippen LogP contribution in [-0.2, 0) is 6.54 Å². The monoisotopic (exact) mass is 332 g/mol. The standard InChI is InChI=1S/C15H10Cl2N4O/c16-10-3-1-9(2-4-10)14-8-21-15(18-19-20-21)12-7-11(17)5-6-13(12)22-14/h1-7,14H,8H2. The molecule has 110 valence electrons. The van der Waals surface area contributed by atoms with Gasteiger partial charge in [0.05, 0.1) is 12.1 Å². The van der Waals surface area contributed by atoms with Crippen LogP contribution in [0.1, 0.15) is 11.7 Å². The van der Waals surface area contributed by atoms with Gasteiger partial charge in [0.15, 0.2) is 5.82 Å². The molecule has 1 atom stereocenters. The smallest absolute Gasteiger partial charge is 0.185 e. The Hall–Kier alpha value is -2.11. The van der Waals surface area contributed by atoms with E-state index in [9.17, 15) is 0 Å². The lowest BCUT2D eigenvalue weighted by molar-refractivity contribution is 0.184. The molecule has 3 aromatic rings. The van der Waals surface area contributed by atoms with Crippen LogP contribution in [-0.4, -0.2) is 20.2 Å². The Morgan fingerprint density at radius 3 is 2.64 bits per heavy atom. The summed E-state index contributed by atoms with van der Waals surface area (Å²) >= 11 is 12.0. The Labute approximate surface area is 136 Å². The van der Waals surface area contributed by atoms with Gasteiger partial charge in [0, 0.05) is 10.0 Å². The summed E-state index contributed by atoms with van der Waals surface area (Å²) in [5.41, 5.74) is 1.79. The van der Waals surface area contributed by atoms with Crippen molar-refractivity contribution in [1.82, 2.24) is 20.2 Å². The van der Waals surface area contributed by atoms with Crippen molar-refractivity contribution in [2.45, 2.75) is 12.6 Å². The third-order valence-electron chi connectivity index (χ3n) is 3.56. The number of hydrogen-bond acceptors (Lipinski definition) is 4. The molecule has 0 spiro atoms. The van der Waals surface area contributed by atoms with E-state index in [-0.39, 0.29) is 6.10 Å². The molecule has 4 rings (SSSR count). The normalized spacial score (nSPS) is 16.4. The lowest BCUT2D eigenvalue weighted by Crippen LogP contribution is -2.14. The van der Waals surface area contributed by atoms with Gasteiger partial charge in [-0.25, -0.2) is 4.68 Å². The summed E-state index contributed by atoms with van der Waals surface area (Å²) in [6.07, 6.45) is -0.207. The van der Waals surface area contributed by atoms with E-state index in [2.05, 4.69) is 15.5 Å². The molecule has 22 heavy (non-hydrogen) atoms. The molecule has 1 aromatic heterocycles. The molecule has 7 heteroatoms. The number of tetrazole rings is 1. The number of ether oxygens (including phenoxy) is 1. The van der Waals surface area contributed by atoms with E-state index in [1.165, 1.54) is 0 Å². The fourth-order valence-corrected chi connectivity index (χ4v) is 2.80. The molecule has 5 nitrogen and oxygen atoms in total. The Balaban J connectivity index is 1.83. The average molecular weight is 333 g/mol. The van der Waals surface area contributed by atoms with E-state index >= 15 is 0 Å². The van der Waals surface area contributed by atoms with Crippen molar-refractivity contribution in [1.29, 1.82) is 0 Å². The molecular formula is C15H10Cl2N4O. The van der Waals surface area contributed by atoms with Crippen LogP contribution in [0.5, 0.6) is 5.75 Å². The van der Waals surface area contributed by atoms with Gasteiger partial charge < -0.3 is 4.74 Å². The maximum atomic E-state index is 6.15. The first-order valence-electron chi connectivity index (χ1n) is 6.69. The second-order valence-electron chi connectivity index (χ2n) is 4.98. The first kappa shape index (κ1) is 13.5. The van der Waals surface area contributed by atoms with E-state index in [0.717, 1.165) is 11.1 Å². The molecule has 0 bridgehead atoms. The van der Waals surface area contributed by atoms with E-state index in [4.69, 9.17) is 27.9 Å². The quantitative estimate of drug-likeness (QED) is 0.680. The van der Waals surface area contributed by atoms with Crippen LogP contribution in [0.4, 0.5) is 0 Å². The number of rotatable bonds is 1. The largest absolute Gasteiger partial charge is 0.483 e. The minimum Gasteiger partial charge on any atom is -0.483 e. The molecule has 0 saturated heterocycles. The highest BCUT2D eigenvalue weighted by molar-refractivity contribution is 6.31. The maximum absolute atomic E-state index is 6.15. The van der Waals surface area contributed by atoms with E-state index in [1.54, 1.807) is 10.7 Å². The van der Waals surface area contributed by atoms with E-state index in [1.807, 2.05) is 36.4 Å². The van der Waals surface area contributed by atoms with Gasteiger partial charge in [-0.2, -0.15) is 0 Å². The summed E-state index contributed by atoms with van der Waals surface area (Å²) in [7, 11) is 0. The number of nitrogens with zero attached hydrogens (tertiary/aromatic N) is 4. The average Bonchev–Trinajstić information content (AvgIpc) is 2.91. The molecule has 2 aromatic carbocycles. The van der Waals surface area contributed by atoms with Crippen LogP contribution in [0.2, 0.25) is 10.0 Å². The van der Waals surface area contributed by atoms with Crippen molar-refractivity contribution in [3.8, 4) is 17.1 Å². The first-order valence-corrected chi connectivity index (χ1v) is 7.44. The molecule has 0 fully saturated rings. The van der Waals surface area contributed by atoms with Gasteiger partial charge in [-0.15, -0.1) is 5.10 Å². The Morgan fingerprint density at radius 2 is 1.82 bits per heavy atom. The SMILES string of the molecule is Clc1ccc(C2Cn3nnnc3-c3cc(Cl)ccc3O2)cc1. The number of halogens is 2. The van der Waals surface area contributed by atoms with Crippen molar-refractivity contribution < 1.29 is 4.74 Å². The van der Waals surface area contributed by atoms with E-state index in [0.29, 0.717) is 28.2 Å². The van der Waals surface area contributed by atoms with Gasteiger partial charge in [0.2, 0.25) is 0 Å². The first-order chi connectivity index (χ1) is 10.7. The van der Waals surface area contributed by atoms with Crippen LogP contribution in [0.3, 0.4) is 0 Å². The molecule has 1 aliphatic rings. The summed E-state index contributed by atoms with van der Waals surface area (Å²) in [5.74, 6) is 1.35. The molecule has 0 N–H and O–H groups in total. The third-order valence-corrected chi connectivity index (χ3v) is 4.05. The molecule has 2 heterocycles. The highest BCUT2D eigenvalue weighted by atomic mass is 35.5. The lowest BCUT2D eigenvalue weighted by Gasteiger charge is -2.17. The van der Waals surface area contributed by atoms with Gasteiger partial charge in [0.25, 0.3) is 0 Å². The van der Waals surface area contributed by atoms with E-state index < -0.39 is 0 Å². The molecule has 0 radical (unpaired) electrons. The molecule has 1 aliphatic heterocycles. The minimum absolute atomic E-state index is 0.207. The van der Waals surface area contributed by atoms with Gasteiger partial charge in [-0.1, -0.05) is 35.3 Å². The molecule has 0 amide bonds. The highest BCUT2D eigenvalue weighted by Crippen LogP contribution is 2.37. The molecule has 0 aliphatic carbocycles. The summed E-state index contributed by atoms with van der Waals surface area (Å²) < 4.78 is 7.87. The van der Waals surface area contributed by atoms with Crippen LogP contribution in [0, 0.1) is 0 Å². The summed E-state index contributed by atoms with van der Waals surface area (Å²) in [4.78, 5) is 0. The van der Waals surface area contributed by atoms with Crippen molar-refractivity contribution in [3.05, 3.63) is 58.1 Å². The van der Waals surface area contributed by atoms with Crippen molar-refractivity contribution in [2.75, 3.05) is 0 Å². The predicted octanol–water partition coefficient (Wildman–Crippen LogP) is 3.78. The molecular weight excluding hydrogens is 323 g/mol. The number of aromatic nitrogens is 4. The van der Waals surface area contributed by atoms with Gasteiger partial charge in [-0.05, 0) is 46.3 Å². The topological polar surface area (TPSA) is 52.8 Å². The van der Waals surface area contributed by atoms with Crippen LogP contribution < -0.4 is 4.74 Å². The second kappa shape index (κ2) is 5.26. The Bertz CT molecular complexity index is 832. The fraction of sp³-hybridized carbons (Fsp3) is 0.133. The minimum atomic E-state index is -0.207. The Morgan fingerprint density at radius 1 is 1.05 bits per heavy atom. The zero-order chi connectivity index (χ0) is 15.1. The fourth-order valence-electron chi connectivity index (χ4n) is 2.50. The van der Waals surface area contributed by atoms with Gasteiger partial charge >= 0.3 is 0 Å². The maximum Gasteiger partial charge on any atom is 0.185 e. The van der Waals surface area contributed by atoms with Crippen molar-refractivity contribution in [2.24, 2.45) is 0 Å². The lowest BCUT2D eigenvalue weighted by atomic mass is 10.1. The van der Waals surface area contributed by atoms with Crippen LogP contribution >= 0.6 is 23.2 Å². The summed E-state index contributed by atoms with van der Waals surface area (Å²) in [6, 6.07) is 13.0. The number of benzene rings is 2. The third kappa shape index (κ3) is 2.32. The van der Waals surface area contributed by atoms with Crippen molar-refractivity contribution in [3.63, 3.8) is 0 Å². The number of fused-ring (bicyclic) bond motifs is 3. The second-order valence-corrected chi connectivity index (χ2v) is 5.86. The summed E-state index contributed by atoms with van der Waals surface area (Å²) in [6.45, 7) is 0.510. The van der Waals surface area contributed by atoms with Gasteiger partial charge in [-0.3, -0.25) is 0 Å². The summed E-state index contributed by atoms with van der Waals surface area (Å²) in [5, 5.41) is 13.2. The zero-order valence-electron chi connectivity index (χ0n) is 11.3. The van der Waals surface area contributed by atoms with Crippen LogP contribution in [0.15, 0.2) is 42.5 Å². The highest BCUT2D eigenvalue weighted by Gasteiger charge is 2.25. The van der Waals surface area contributed by atoms with Crippen LogP contribution in [0.25, 0.3) is 11.4 Å². The Kier molecular flexibility index (Phi) is 3.24. The van der Waals surface area contributed by atoms with Gasteiger partial charge in [0.1, 0.15) is 11.9 Å². The number of hydrogen-bond donors (Lipinski definition) is 0.